The molecule has 2 aliphatic rings. The summed E-state index contributed by atoms with van der Waals surface area (Å²) in [5.41, 5.74) is 2.65. The Labute approximate surface area is 133 Å². The molecule has 7 heteroatoms. The van der Waals surface area contributed by atoms with Crippen LogP contribution in [0.15, 0.2) is 23.3 Å². The molecule has 0 aromatic heterocycles. The molecule has 0 aliphatic heterocycles. The minimum Gasteiger partial charge on any atom is -0.507 e. The minimum absolute atomic E-state index is 0.000793. The summed E-state index contributed by atoms with van der Waals surface area (Å²) in [6.07, 6.45) is 5.74. The zero-order chi connectivity index (χ0) is 16.6. The second-order valence-electron chi connectivity index (χ2n) is 6.57. The van der Waals surface area contributed by atoms with Crippen molar-refractivity contribution in [3.8, 4) is 5.75 Å². The van der Waals surface area contributed by atoms with Gasteiger partial charge < -0.3 is 5.11 Å². The molecule has 1 aromatic carbocycles. The van der Waals surface area contributed by atoms with Crippen molar-refractivity contribution in [1.82, 2.24) is 5.43 Å². The van der Waals surface area contributed by atoms with Gasteiger partial charge in [-0.05, 0) is 30.2 Å². The Balaban J connectivity index is 1.64. The third-order valence-corrected chi connectivity index (χ3v) is 5.21. The standard InChI is InChI=1S/C16H19N3O4/c1-16-7-3-2-4-12(16)14(16)15(21)18-17-9-10-8-11(19(22)23)5-6-13(10)20/h5-6,8-9,12,14,20H,2-4,7H2,1H3,(H,18,21)/b17-9-/t12-,14-,16+/m1/s1. The molecule has 7 nitrogen and oxygen atoms in total. The Bertz CT molecular complexity index is 688. The molecule has 0 heterocycles. The summed E-state index contributed by atoms with van der Waals surface area (Å²) in [6, 6.07) is 3.65. The quantitative estimate of drug-likeness (QED) is 0.506. The first-order valence-corrected chi connectivity index (χ1v) is 7.74. The van der Waals surface area contributed by atoms with Gasteiger partial charge in [0.15, 0.2) is 0 Å². The summed E-state index contributed by atoms with van der Waals surface area (Å²) in [4.78, 5) is 22.4. The smallest absolute Gasteiger partial charge is 0.270 e. The van der Waals surface area contributed by atoms with Crippen molar-refractivity contribution < 1.29 is 14.8 Å². The maximum Gasteiger partial charge on any atom is 0.270 e. The number of phenolic OH excluding ortho intramolecular Hbond substituents is 1. The third-order valence-electron chi connectivity index (χ3n) is 5.21. The lowest BCUT2D eigenvalue weighted by molar-refractivity contribution is -0.384. The fourth-order valence-corrected chi connectivity index (χ4v) is 3.84. The summed E-state index contributed by atoms with van der Waals surface area (Å²) in [7, 11) is 0. The van der Waals surface area contributed by atoms with Gasteiger partial charge in [-0.25, -0.2) is 5.43 Å². The first-order valence-electron chi connectivity index (χ1n) is 7.74. The van der Waals surface area contributed by atoms with Crippen molar-refractivity contribution in [1.29, 1.82) is 0 Å². The number of fused-ring (bicyclic) bond motifs is 1. The van der Waals surface area contributed by atoms with Crippen molar-refractivity contribution >= 4 is 17.8 Å². The minimum atomic E-state index is -0.551. The van der Waals surface area contributed by atoms with E-state index >= 15 is 0 Å². The fraction of sp³-hybridized carbons (Fsp3) is 0.500. The summed E-state index contributed by atoms with van der Waals surface area (Å²) in [6.45, 7) is 2.15. The number of nitrogens with one attached hydrogen (secondary N) is 1. The molecule has 3 atom stereocenters. The molecule has 3 rings (SSSR count). The average molecular weight is 317 g/mol. The van der Waals surface area contributed by atoms with Crippen LogP contribution in [0.25, 0.3) is 0 Å². The Morgan fingerprint density at radius 3 is 2.96 bits per heavy atom. The molecule has 0 unspecified atom stereocenters. The van der Waals surface area contributed by atoms with Crippen LogP contribution in [0.1, 0.15) is 38.2 Å². The van der Waals surface area contributed by atoms with E-state index in [4.69, 9.17) is 0 Å². The van der Waals surface area contributed by atoms with E-state index in [1.54, 1.807) is 0 Å². The zero-order valence-electron chi connectivity index (χ0n) is 12.9. The highest BCUT2D eigenvalue weighted by Gasteiger charge is 2.64. The number of aromatic hydroxyl groups is 1. The summed E-state index contributed by atoms with van der Waals surface area (Å²) in [5.74, 6) is 0.208. The van der Waals surface area contributed by atoms with E-state index < -0.39 is 4.92 Å². The third kappa shape index (κ3) is 2.78. The van der Waals surface area contributed by atoms with Gasteiger partial charge in [0, 0.05) is 23.6 Å². The second-order valence-corrected chi connectivity index (χ2v) is 6.57. The van der Waals surface area contributed by atoms with E-state index in [9.17, 15) is 20.0 Å². The molecule has 23 heavy (non-hydrogen) atoms. The van der Waals surface area contributed by atoms with E-state index in [0.29, 0.717) is 5.92 Å². The SMILES string of the molecule is C[C@]12CCCC[C@@H]1[C@@H]2C(=O)N/N=C\c1cc([N+](=O)[O-])ccc1O. The molecule has 0 spiro atoms. The van der Waals surface area contributed by atoms with Crippen LogP contribution >= 0.6 is 0 Å². The van der Waals surface area contributed by atoms with E-state index in [-0.39, 0.29) is 34.2 Å². The second kappa shape index (κ2) is 5.64. The van der Waals surface area contributed by atoms with Crippen LogP contribution in [-0.4, -0.2) is 22.2 Å². The fourth-order valence-electron chi connectivity index (χ4n) is 3.84. The van der Waals surface area contributed by atoms with Gasteiger partial charge in [0.25, 0.3) is 5.69 Å². The van der Waals surface area contributed by atoms with Gasteiger partial charge in [0.2, 0.25) is 5.91 Å². The Hall–Kier alpha value is -2.44. The number of hydrazone groups is 1. The van der Waals surface area contributed by atoms with Gasteiger partial charge >= 0.3 is 0 Å². The number of amides is 1. The molecule has 1 amide bonds. The summed E-state index contributed by atoms with van der Waals surface area (Å²) >= 11 is 0. The maximum atomic E-state index is 12.2. The molecule has 0 bridgehead atoms. The summed E-state index contributed by atoms with van der Waals surface area (Å²) in [5, 5.41) is 24.3. The van der Waals surface area contributed by atoms with Gasteiger partial charge in [0.05, 0.1) is 11.1 Å². The molecular weight excluding hydrogens is 298 g/mol. The lowest BCUT2D eigenvalue weighted by Crippen LogP contribution is -2.22. The monoisotopic (exact) mass is 317 g/mol. The van der Waals surface area contributed by atoms with Crippen LogP contribution in [0.4, 0.5) is 5.69 Å². The Morgan fingerprint density at radius 1 is 1.52 bits per heavy atom. The van der Waals surface area contributed by atoms with Crippen LogP contribution in [-0.2, 0) is 4.79 Å². The molecule has 122 valence electrons. The number of phenols is 1. The van der Waals surface area contributed by atoms with Crippen LogP contribution in [0.3, 0.4) is 0 Å². The first kappa shape index (κ1) is 15.5. The van der Waals surface area contributed by atoms with E-state index in [1.165, 1.54) is 37.3 Å². The first-order chi connectivity index (χ1) is 10.9. The number of nitrogens with zero attached hydrogens (tertiary/aromatic N) is 2. The molecule has 1 aromatic rings. The highest BCUT2D eigenvalue weighted by Crippen LogP contribution is 2.66. The predicted octanol–water partition coefficient (Wildman–Crippen LogP) is 2.58. The normalized spacial score (nSPS) is 29.1. The number of benzene rings is 1. The van der Waals surface area contributed by atoms with Crippen molar-refractivity contribution in [2.75, 3.05) is 0 Å². The number of rotatable bonds is 4. The highest BCUT2D eigenvalue weighted by molar-refractivity contribution is 5.87. The maximum absolute atomic E-state index is 12.2. The number of carbonyl (C=O) groups is 1. The van der Waals surface area contributed by atoms with Crippen LogP contribution < -0.4 is 5.43 Å². The largest absolute Gasteiger partial charge is 0.507 e. The number of hydrogen-bond acceptors (Lipinski definition) is 5. The summed E-state index contributed by atoms with van der Waals surface area (Å²) < 4.78 is 0. The molecule has 2 N–H and O–H groups in total. The van der Waals surface area contributed by atoms with Crippen LogP contribution in [0.2, 0.25) is 0 Å². The molecular formula is C16H19N3O4. The molecule has 2 saturated carbocycles. The predicted molar refractivity (Wildman–Crippen MR) is 84.1 cm³/mol. The molecule has 0 radical (unpaired) electrons. The average Bonchev–Trinajstić information content (AvgIpc) is 3.14. The van der Waals surface area contributed by atoms with Gasteiger partial charge in [-0.3, -0.25) is 14.9 Å². The van der Waals surface area contributed by atoms with Gasteiger partial charge in [0.1, 0.15) is 5.75 Å². The van der Waals surface area contributed by atoms with Crippen molar-refractivity contribution in [2.24, 2.45) is 22.4 Å². The Kier molecular flexibility index (Phi) is 3.79. The van der Waals surface area contributed by atoms with E-state index in [1.807, 2.05) is 0 Å². The lowest BCUT2D eigenvalue weighted by Gasteiger charge is -2.15. The molecule has 0 saturated heterocycles. The lowest BCUT2D eigenvalue weighted by atomic mass is 9.90. The highest BCUT2D eigenvalue weighted by atomic mass is 16.6. The van der Waals surface area contributed by atoms with Crippen molar-refractivity contribution in [3.63, 3.8) is 0 Å². The van der Waals surface area contributed by atoms with Gasteiger partial charge in [-0.15, -0.1) is 0 Å². The topological polar surface area (TPSA) is 105 Å². The van der Waals surface area contributed by atoms with Crippen molar-refractivity contribution in [2.45, 2.75) is 32.6 Å². The number of nitro benzene ring substituents is 1. The van der Waals surface area contributed by atoms with E-state index in [2.05, 4.69) is 17.5 Å². The zero-order valence-corrected chi connectivity index (χ0v) is 12.9. The van der Waals surface area contributed by atoms with Crippen LogP contribution in [0, 0.1) is 27.4 Å². The van der Waals surface area contributed by atoms with Gasteiger partial charge in [-0.1, -0.05) is 19.8 Å². The Morgan fingerprint density at radius 2 is 2.30 bits per heavy atom. The van der Waals surface area contributed by atoms with Crippen LogP contribution in [0.5, 0.6) is 5.75 Å². The molecule has 2 fully saturated rings. The van der Waals surface area contributed by atoms with Crippen molar-refractivity contribution in [3.05, 3.63) is 33.9 Å². The number of nitro groups is 1. The van der Waals surface area contributed by atoms with Gasteiger partial charge in [-0.2, -0.15) is 5.10 Å². The number of carbonyl (C=O) groups excluding carboxylic acids is 1. The van der Waals surface area contributed by atoms with E-state index in [0.717, 1.165) is 12.8 Å². The number of non-ortho nitro benzene ring substituents is 1. The number of hydrogen-bond donors (Lipinski definition) is 2. The molecule has 2 aliphatic carbocycles.